The maximum absolute atomic E-state index is 11.3. The van der Waals surface area contributed by atoms with E-state index in [0.29, 0.717) is 11.1 Å². The second kappa shape index (κ2) is 21.8. The van der Waals surface area contributed by atoms with Crippen LogP contribution >= 0.6 is 0 Å². The average molecular weight is 878 g/mol. The predicted octanol–water partition coefficient (Wildman–Crippen LogP) is 13.8. The molecule has 0 saturated heterocycles. The molecular formula is C58H43N3O6. The molecule has 0 aromatic heterocycles. The Hall–Kier alpha value is -9.44. The third kappa shape index (κ3) is 12.0. The molecule has 326 valence electrons. The fourth-order valence-electron chi connectivity index (χ4n) is 7.07. The lowest BCUT2D eigenvalue weighted by atomic mass is 9.95. The number of aliphatic carboxylic acids is 2. The monoisotopic (exact) mass is 877 g/mol. The molecule has 0 saturated carbocycles. The van der Waals surface area contributed by atoms with Crippen molar-refractivity contribution in [3.05, 3.63) is 254 Å². The van der Waals surface area contributed by atoms with E-state index in [4.69, 9.17) is 22.6 Å². The maximum Gasteiger partial charge on any atom is 0.333 e. The van der Waals surface area contributed by atoms with Gasteiger partial charge in [0.2, 0.25) is 0 Å². The Morgan fingerprint density at radius 3 is 0.970 bits per heavy atom. The van der Waals surface area contributed by atoms with Crippen molar-refractivity contribution in [3.8, 4) is 11.5 Å². The number of hydrogen-bond acceptors (Lipinski definition) is 5. The largest absolute Gasteiger partial charge is 0.497 e. The summed E-state index contributed by atoms with van der Waals surface area (Å²) in [5, 5.41) is 18.4. The van der Waals surface area contributed by atoms with Crippen molar-refractivity contribution in [2.45, 2.75) is 0 Å². The van der Waals surface area contributed by atoms with Crippen LogP contribution in [0.3, 0.4) is 0 Å². The molecule has 9 heteroatoms. The lowest BCUT2D eigenvalue weighted by Gasteiger charge is -2.26. The van der Waals surface area contributed by atoms with Gasteiger partial charge in [-0.3, -0.25) is 9.59 Å². The van der Waals surface area contributed by atoms with Crippen molar-refractivity contribution in [2.24, 2.45) is 0 Å². The highest BCUT2D eigenvalue weighted by Crippen LogP contribution is 2.36. The van der Waals surface area contributed by atoms with Gasteiger partial charge < -0.3 is 24.6 Å². The zero-order chi connectivity index (χ0) is 47.1. The van der Waals surface area contributed by atoms with Crippen LogP contribution in [0, 0.1) is 13.1 Å². The molecule has 2 N–H and O–H groups in total. The van der Waals surface area contributed by atoms with Crippen LogP contribution in [0.25, 0.3) is 57.8 Å². The van der Waals surface area contributed by atoms with Crippen LogP contribution in [0.4, 0.5) is 17.1 Å². The number of carbonyl (C=O) groups is 2. The van der Waals surface area contributed by atoms with E-state index in [1.807, 2.05) is 72.8 Å². The topological polar surface area (TPSA) is 105 Å². The molecule has 0 aliphatic carbocycles. The fourth-order valence-corrected chi connectivity index (χ4v) is 7.07. The highest BCUT2D eigenvalue weighted by molar-refractivity contribution is 5.95. The van der Waals surface area contributed by atoms with Crippen LogP contribution in [0.1, 0.15) is 50.1 Å². The van der Waals surface area contributed by atoms with Gasteiger partial charge in [-0.2, -0.15) is 0 Å². The van der Waals surface area contributed by atoms with Gasteiger partial charge in [-0.05, 0) is 135 Å². The summed E-state index contributed by atoms with van der Waals surface area (Å²) in [6.07, 6.45) is 12.9. The first-order chi connectivity index (χ1) is 32.6. The SMILES string of the molecule is [C-]#[N+]/C(=C\c1ccc(/C=C/c2ccc(N(c3ccc(C=C(c4ccc(OC)cc4)c4ccc(OC)cc4)cc3)c3ccc(/C=C/c4ccc(/C=C(\[N+]#[C-])C(=O)O)cc4)cc3)cc2)cc1)C(=O)O. The number of carboxylic acids is 2. The third-order valence-corrected chi connectivity index (χ3v) is 10.7. The Morgan fingerprint density at radius 2 is 0.687 bits per heavy atom. The molecule has 7 aromatic rings. The smallest absolute Gasteiger partial charge is 0.333 e. The first-order valence-corrected chi connectivity index (χ1v) is 20.9. The number of nitrogens with zero attached hydrogens (tertiary/aromatic N) is 3. The second-order valence-corrected chi connectivity index (χ2v) is 15.0. The molecule has 0 amide bonds. The number of anilines is 3. The van der Waals surface area contributed by atoms with Crippen LogP contribution in [-0.4, -0.2) is 36.4 Å². The molecule has 7 aromatic carbocycles. The molecule has 67 heavy (non-hydrogen) atoms. The Labute approximate surface area is 389 Å². The van der Waals surface area contributed by atoms with Crippen molar-refractivity contribution in [3.63, 3.8) is 0 Å². The summed E-state index contributed by atoms with van der Waals surface area (Å²) in [6, 6.07) is 55.7. The molecule has 0 unspecified atom stereocenters. The van der Waals surface area contributed by atoms with E-state index in [1.54, 1.807) is 38.5 Å². The van der Waals surface area contributed by atoms with Crippen LogP contribution in [-0.2, 0) is 9.59 Å². The molecule has 0 radical (unpaired) electrons. The Morgan fingerprint density at radius 1 is 0.418 bits per heavy atom. The molecule has 0 fully saturated rings. The van der Waals surface area contributed by atoms with Gasteiger partial charge >= 0.3 is 11.9 Å². The maximum atomic E-state index is 11.3. The number of benzene rings is 7. The minimum atomic E-state index is -1.26. The van der Waals surface area contributed by atoms with Gasteiger partial charge in [-0.15, -0.1) is 0 Å². The highest BCUT2D eigenvalue weighted by atomic mass is 16.5. The summed E-state index contributed by atoms with van der Waals surface area (Å²) < 4.78 is 10.9. The van der Waals surface area contributed by atoms with Crippen LogP contribution in [0.2, 0.25) is 0 Å². The van der Waals surface area contributed by atoms with E-state index in [2.05, 4.69) is 118 Å². The lowest BCUT2D eigenvalue weighted by molar-refractivity contribution is -0.133. The zero-order valence-corrected chi connectivity index (χ0v) is 36.6. The summed E-state index contributed by atoms with van der Waals surface area (Å²) in [5.41, 5.74) is 11.4. The Kier molecular flexibility index (Phi) is 14.8. The van der Waals surface area contributed by atoms with Crippen molar-refractivity contribution >= 4 is 77.1 Å². The van der Waals surface area contributed by atoms with Crippen molar-refractivity contribution < 1.29 is 29.3 Å². The molecule has 7 rings (SSSR count). The number of carboxylic acid groups (broad SMARTS) is 2. The third-order valence-electron chi connectivity index (χ3n) is 10.7. The number of methoxy groups -OCH3 is 2. The molecule has 0 heterocycles. The highest BCUT2D eigenvalue weighted by Gasteiger charge is 2.14. The van der Waals surface area contributed by atoms with Crippen LogP contribution in [0.5, 0.6) is 11.5 Å². The molecule has 0 bridgehead atoms. The number of rotatable bonds is 16. The van der Waals surface area contributed by atoms with Crippen LogP contribution in [0.15, 0.2) is 181 Å². The molecule has 0 atom stereocenters. The van der Waals surface area contributed by atoms with Gasteiger partial charge in [0.1, 0.15) is 11.5 Å². The summed E-state index contributed by atoms with van der Waals surface area (Å²) in [4.78, 5) is 30.9. The minimum Gasteiger partial charge on any atom is -0.497 e. The quantitative estimate of drug-likeness (QED) is 0.0566. The molecule has 0 aliphatic heterocycles. The van der Waals surface area contributed by atoms with Gasteiger partial charge in [0.05, 0.1) is 27.4 Å². The fraction of sp³-hybridized carbons (Fsp3) is 0.0345. The minimum absolute atomic E-state index is 0.340. The zero-order valence-electron chi connectivity index (χ0n) is 36.6. The summed E-state index contributed by atoms with van der Waals surface area (Å²) in [7, 11) is 3.31. The number of hydrogen-bond donors (Lipinski definition) is 2. The van der Waals surface area contributed by atoms with Gasteiger partial charge in [-0.25, -0.2) is 9.69 Å². The molecule has 0 aliphatic rings. The summed E-state index contributed by atoms with van der Waals surface area (Å²) >= 11 is 0. The number of ether oxygens (including phenoxy) is 2. The Balaban J connectivity index is 1.18. The van der Waals surface area contributed by atoms with Gasteiger partial charge in [0, 0.05) is 17.1 Å². The molecule has 0 spiro atoms. The Bertz CT molecular complexity index is 2910. The van der Waals surface area contributed by atoms with E-state index in [9.17, 15) is 19.8 Å². The van der Waals surface area contributed by atoms with E-state index in [1.165, 1.54) is 12.2 Å². The first kappa shape index (κ1) is 45.6. The van der Waals surface area contributed by atoms with E-state index < -0.39 is 11.9 Å². The summed E-state index contributed by atoms with van der Waals surface area (Å²) in [6.45, 7) is 14.2. The van der Waals surface area contributed by atoms with Gasteiger partial charge in [-0.1, -0.05) is 133 Å². The van der Waals surface area contributed by atoms with E-state index >= 15 is 0 Å². The predicted molar refractivity (Wildman–Crippen MR) is 269 cm³/mol. The van der Waals surface area contributed by atoms with E-state index in [-0.39, 0.29) is 11.4 Å². The van der Waals surface area contributed by atoms with Gasteiger partial charge in [0.25, 0.3) is 11.4 Å². The first-order valence-electron chi connectivity index (χ1n) is 20.9. The van der Waals surface area contributed by atoms with Crippen molar-refractivity contribution in [2.75, 3.05) is 19.1 Å². The van der Waals surface area contributed by atoms with Crippen molar-refractivity contribution in [1.29, 1.82) is 0 Å². The molecule has 9 nitrogen and oxygen atoms in total. The lowest BCUT2D eigenvalue weighted by Crippen LogP contribution is -2.09. The normalized spacial score (nSPS) is 11.4. The average Bonchev–Trinajstić information content (AvgIpc) is 3.37. The van der Waals surface area contributed by atoms with Crippen molar-refractivity contribution in [1.82, 2.24) is 0 Å². The van der Waals surface area contributed by atoms with Gasteiger partial charge in [0.15, 0.2) is 0 Å². The van der Waals surface area contributed by atoms with E-state index in [0.717, 1.165) is 73.1 Å². The standard InChI is InChI=1S/C58H43N3O6/c1-59-55(57(62)63)38-45-13-9-40(10-14-45)5-7-42-17-27-49(28-18-42)61(50-29-19-43(20-30-50)8-6-41-11-15-46(16-12-41)39-56(60-2)58(64)65)51-31-21-44(22-32-51)37-54(47-23-33-52(66-3)34-24-47)48-25-35-53(67-4)36-26-48/h5-39H,3-4H3,(H,62,63)(H,64,65)/b7-5+,8-6+,55-38-,56-39-. The second-order valence-electron chi connectivity index (χ2n) is 15.0. The molecular weight excluding hydrogens is 835 g/mol. The summed E-state index contributed by atoms with van der Waals surface area (Å²) in [5.74, 6) is -0.951. The van der Waals surface area contributed by atoms with Crippen LogP contribution < -0.4 is 14.4 Å².